The Morgan fingerprint density at radius 2 is 1.94 bits per heavy atom. The van der Waals surface area contributed by atoms with E-state index in [-0.39, 0.29) is 17.2 Å². The van der Waals surface area contributed by atoms with Gasteiger partial charge in [0.15, 0.2) is 11.6 Å². The van der Waals surface area contributed by atoms with Gasteiger partial charge < -0.3 is 10.1 Å². The Hall–Kier alpha value is -1.16. The summed E-state index contributed by atoms with van der Waals surface area (Å²) in [4.78, 5) is 0. The van der Waals surface area contributed by atoms with Crippen molar-refractivity contribution >= 4 is 0 Å². The quantitative estimate of drug-likeness (QED) is 0.837. The van der Waals surface area contributed by atoms with Gasteiger partial charge in [-0.15, -0.1) is 0 Å². The molecule has 4 heteroatoms. The van der Waals surface area contributed by atoms with Crippen LogP contribution < -0.4 is 10.1 Å². The molecule has 88 valence electrons. The normalized spacial score (nSPS) is 17.4. The number of nitrogens with one attached hydrogen (secondary N) is 1. The molecule has 2 nitrogen and oxygen atoms in total. The van der Waals surface area contributed by atoms with Crippen molar-refractivity contribution in [2.75, 3.05) is 20.2 Å². The lowest BCUT2D eigenvalue weighted by atomic mass is 9.89. The van der Waals surface area contributed by atoms with Gasteiger partial charge in [0, 0.05) is 5.56 Å². The summed E-state index contributed by atoms with van der Waals surface area (Å²) >= 11 is 0. The third-order valence-electron chi connectivity index (χ3n) is 3.06. The zero-order chi connectivity index (χ0) is 11.5. The molecule has 1 fully saturated rings. The van der Waals surface area contributed by atoms with Gasteiger partial charge in [0.2, 0.25) is 0 Å². The Bertz CT molecular complexity index is 376. The molecule has 0 radical (unpaired) electrons. The van der Waals surface area contributed by atoms with Gasteiger partial charge in [0.05, 0.1) is 7.11 Å². The molecule has 16 heavy (non-hydrogen) atoms. The molecule has 1 N–H and O–H groups in total. The lowest BCUT2D eigenvalue weighted by molar-refractivity contribution is 0.369. The molecule has 0 aromatic heterocycles. The maximum atomic E-state index is 13.9. The lowest BCUT2D eigenvalue weighted by Gasteiger charge is -2.24. The van der Waals surface area contributed by atoms with Crippen molar-refractivity contribution in [3.05, 3.63) is 29.3 Å². The van der Waals surface area contributed by atoms with Gasteiger partial charge in [-0.2, -0.15) is 0 Å². The minimum Gasteiger partial charge on any atom is -0.494 e. The second kappa shape index (κ2) is 4.78. The summed E-state index contributed by atoms with van der Waals surface area (Å²) in [6.45, 7) is 1.61. The summed E-state index contributed by atoms with van der Waals surface area (Å²) in [6.07, 6.45) is 1.53. The fourth-order valence-electron chi connectivity index (χ4n) is 2.19. The van der Waals surface area contributed by atoms with Crippen LogP contribution in [0.5, 0.6) is 5.75 Å². The molecule has 0 amide bonds. The third-order valence-corrected chi connectivity index (χ3v) is 3.06. The summed E-state index contributed by atoms with van der Waals surface area (Å²) in [7, 11) is 1.39. The first-order valence-electron chi connectivity index (χ1n) is 5.46. The smallest absolute Gasteiger partial charge is 0.171 e. The molecule has 0 spiro atoms. The highest BCUT2D eigenvalue weighted by atomic mass is 19.1. The molecular weight excluding hydrogens is 212 g/mol. The van der Waals surface area contributed by atoms with Crippen molar-refractivity contribution in [2.45, 2.75) is 18.8 Å². The molecule has 1 heterocycles. The van der Waals surface area contributed by atoms with Gasteiger partial charge in [-0.05, 0) is 44.0 Å². The van der Waals surface area contributed by atoms with Gasteiger partial charge in [-0.25, -0.2) is 8.78 Å². The zero-order valence-electron chi connectivity index (χ0n) is 9.22. The average Bonchev–Trinajstić information content (AvgIpc) is 2.31. The monoisotopic (exact) mass is 227 g/mol. The number of hydrogen-bond donors (Lipinski definition) is 1. The number of hydrogen-bond acceptors (Lipinski definition) is 2. The van der Waals surface area contributed by atoms with E-state index in [0.29, 0.717) is 0 Å². The van der Waals surface area contributed by atoms with Gasteiger partial charge in [0.25, 0.3) is 0 Å². The fraction of sp³-hybridized carbons (Fsp3) is 0.500. The van der Waals surface area contributed by atoms with Crippen LogP contribution >= 0.6 is 0 Å². The number of piperidine rings is 1. The van der Waals surface area contributed by atoms with Gasteiger partial charge >= 0.3 is 0 Å². The Kier molecular flexibility index (Phi) is 3.39. The molecule has 0 saturated carbocycles. The fourth-order valence-corrected chi connectivity index (χ4v) is 2.19. The third kappa shape index (κ3) is 2.02. The Morgan fingerprint density at radius 3 is 2.56 bits per heavy atom. The lowest BCUT2D eigenvalue weighted by Crippen LogP contribution is -2.27. The molecular formula is C12H15F2NO. The second-order valence-electron chi connectivity index (χ2n) is 4.00. The summed E-state index contributed by atoms with van der Waals surface area (Å²) in [6, 6.07) is 2.61. The van der Waals surface area contributed by atoms with Crippen LogP contribution in [-0.4, -0.2) is 20.2 Å². The van der Waals surface area contributed by atoms with E-state index in [1.54, 1.807) is 0 Å². The maximum Gasteiger partial charge on any atom is 0.171 e. The first kappa shape index (κ1) is 11.3. The number of halogens is 2. The topological polar surface area (TPSA) is 21.3 Å². The van der Waals surface area contributed by atoms with Crippen LogP contribution in [0.1, 0.15) is 24.3 Å². The Balaban J connectivity index is 2.37. The molecule has 1 saturated heterocycles. The predicted molar refractivity (Wildman–Crippen MR) is 57.8 cm³/mol. The standard InChI is InChI=1S/C12H15F2NO/c1-16-10-3-2-9(13)11(12(10)14)8-4-6-15-7-5-8/h2-3,8,15H,4-7H2,1H3. The van der Waals surface area contributed by atoms with Crippen molar-refractivity contribution < 1.29 is 13.5 Å². The zero-order valence-corrected chi connectivity index (χ0v) is 9.22. The molecule has 1 aromatic carbocycles. The molecule has 1 aromatic rings. The predicted octanol–water partition coefficient (Wildman–Crippen LogP) is 2.44. The number of ether oxygens (including phenoxy) is 1. The van der Waals surface area contributed by atoms with Gasteiger partial charge in [-0.1, -0.05) is 0 Å². The minimum absolute atomic E-state index is 0.0450. The van der Waals surface area contributed by atoms with Crippen LogP contribution in [0.4, 0.5) is 8.78 Å². The van der Waals surface area contributed by atoms with Crippen molar-refractivity contribution in [3.8, 4) is 5.75 Å². The van der Waals surface area contributed by atoms with E-state index in [0.717, 1.165) is 25.9 Å². The van der Waals surface area contributed by atoms with Gasteiger partial charge in [-0.3, -0.25) is 0 Å². The highest BCUT2D eigenvalue weighted by Gasteiger charge is 2.24. The van der Waals surface area contributed by atoms with Gasteiger partial charge in [0.1, 0.15) is 5.82 Å². The van der Waals surface area contributed by atoms with Crippen LogP contribution in [0.3, 0.4) is 0 Å². The van der Waals surface area contributed by atoms with Crippen LogP contribution in [0.2, 0.25) is 0 Å². The van der Waals surface area contributed by atoms with E-state index in [2.05, 4.69) is 5.32 Å². The summed E-state index contributed by atoms with van der Waals surface area (Å²) in [5.41, 5.74) is 0.181. The summed E-state index contributed by atoms with van der Waals surface area (Å²) < 4.78 is 32.4. The van der Waals surface area contributed by atoms with Crippen molar-refractivity contribution in [3.63, 3.8) is 0 Å². The highest BCUT2D eigenvalue weighted by molar-refractivity contribution is 5.34. The van der Waals surface area contributed by atoms with Crippen molar-refractivity contribution in [1.29, 1.82) is 0 Å². The summed E-state index contributed by atoms with van der Waals surface area (Å²) in [5, 5.41) is 3.18. The van der Waals surface area contributed by atoms with E-state index in [1.807, 2.05) is 0 Å². The highest BCUT2D eigenvalue weighted by Crippen LogP contribution is 2.33. The van der Waals surface area contributed by atoms with E-state index in [4.69, 9.17) is 4.74 Å². The SMILES string of the molecule is COc1ccc(F)c(C2CCNCC2)c1F. The maximum absolute atomic E-state index is 13.9. The van der Waals surface area contributed by atoms with Crippen LogP contribution in [0.25, 0.3) is 0 Å². The van der Waals surface area contributed by atoms with Crippen molar-refractivity contribution in [2.24, 2.45) is 0 Å². The van der Waals surface area contributed by atoms with E-state index in [1.165, 1.54) is 19.2 Å². The molecule has 0 aliphatic carbocycles. The van der Waals surface area contributed by atoms with E-state index >= 15 is 0 Å². The number of methoxy groups -OCH3 is 1. The van der Waals surface area contributed by atoms with Crippen molar-refractivity contribution in [1.82, 2.24) is 5.32 Å². The van der Waals surface area contributed by atoms with E-state index in [9.17, 15) is 8.78 Å². The number of rotatable bonds is 2. The Labute approximate surface area is 93.6 Å². The Morgan fingerprint density at radius 1 is 1.25 bits per heavy atom. The number of benzene rings is 1. The van der Waals surface area contributed by atoms with E-state index < -0.39 is 11.6 Å². The van der Waals surface area contributed by atoms with Crippen LogP contribution in [0.15, 0.2) is 12.1 Å². The molecule has 1 aliphatic heterocycles. The first-order valence-corrected chi connectivity index (χ1v) is 5.46. The largest absolute Gasteiger partial charge is 0.494 e. The molecule has 2 rings (SSSR count). The molecule has 0 bridgehead atoms. The van der Waals surface area contributed by atoms with Crippen LogP contribution in [0, 0.1) is 11.6 Å². The summed E-state index contributed by atoms with van der Waals surface area (Å²) in [5.74, 6) is -0.939. The van der Waals surface area contributed by atoms with Crippen LogP contribution in [-0.2, 0) is 0 Å². The second-order valence-corrected chi connectivity index (χ2v) is 4.00. The molecule has 0 unspecified atom stereocenters. The molecule has 1 aliphatic rings. The molecule has 0 atom stereocenters. The first-order chi connectivity index (χ1) is 7.74. The average molecular weight is 227 g/mol. The minimum atomic E-state index is -0.547.